The van der Waals surface area contributed by atoms with Gasteiger partial charge in [-0.25, -0.2) is 0 Å². The first-order valence-electron chi connectivity index (χ1n) is 9.47. The lowest BCUT2D eigenvalue weighted by Crippen LogP contribution is -2.37. The molecule has 0 unspecified atom stereocenters. The molecule has 1 saturated carbocycles. The van der Waals surface area contributed by atoms with Crippen LogP contribution in [0, 0.1) is 11.8 Å². The van der Waals surface area contributed by atoms with Gasteiger partial charge in [-0.1, -0.05) is 13.3 Å². The number of hydrogen-bond donors (Lipinski definition) is 2. The van der Waals surface area contributed by atoms with Crippen molar-refractivity contribution in [2.45, 2.75) is 51.5 Å². The highest BCUT2D eigenvalue weighted by molar-refractivity contribution is 5.96. The van der Waals surface area contributed by atoms with Crippen LogP contribution in [0.4, 0.5) is 5.69 Å². The topological polar surface area (TPSA) is 75.4 Å². The molecule has 144 valence electrons. The van der Waals surface area contributed by atoms with Gasteiger partial charge in [0.1, 0.15) is 0 Å². The Bertz CT molecular complexity index is 612. The molecule has 0 spiro atoms. The van der Waals surface area contributed by atoms with E-state index in [-0.39, 0.29) is 30.3 Å². The standard InChI is InChI=1S/C20H29N3O2.ClH/c1-14-9-11-23(12-10-14)20(25)15-5-7-17(8-6-15)22-19(24)13-16-3-2-4-18(16)21;/h5-8,14,16,18H,2-4,9-13,21H2,1H3,(H,22,24);1H/t16-,18+;/m0./s1. The smallest absolute Gasteiger partial charge is 0.253 e. The summed E-state index contributed by atoms with van der Waals surface area (Å²) in [5, 5.41) is 2.92. The first-order valence-corrected chi connectivity index (χ1v) is 9.47. The van der Waals surface area contributed by atoms with E-state index in [1.54, 1.807) is 12.1 Å². The highest BCUT2D eigenvalue weighted by Crippen LogP contribution is 2.27. The molecule has 1 saturated heterocycles. The number of nitrogens with zero attached hydrogens (tertiary/aromatic N) is 1. The van der Waals surface area contributed by atoms with Crippen molar-refractivity contribution in [3.05, 3.63) is 29.8 Å². The van der Waals surface area contributed by atoms with E-state index < -0.39 is 0 Å². The third kappa shape index (κ3) is 5.21. The summed E-state index contributed by atoms with van der Waals surface area (Å²) in [7, 11) is 0. The molecule has 1 aliphatic carbocycles. The largest absolute Gasteiger partial charge is 0.339 e. The van der Waals surface area contributed by atoms with E-state index in [1.807, 2.05) is 17.0 Å². The van der Waals surface area contributed by atoms with Crippen molar-refractivity contribution in [2.75, 3.05) is 18.4 Å². The van der Waals surface area contributed by atoms with Gasteiger partial charge in [0.15, 0.2) is 0 Å². The molecule has 1 aliphatic heterocycles. The van der Waals surface area contributed by atoms with Crippen molar-refractivity contribution < 1.29 is 9.59 Å². The third-order valence-electron chi connectivity index (χ3n) is 5.65. The van der Waals surface area contributed by atoms with Gasteiger partial charge in [0.05, 0.1) is 0 Å². The molecule has 0 bridgehead atoms. The zero-order chi connectivity index (χ0) is 17.8. The van der Waals surface area contributed by atoms with Crippen LogP contribution in [0.5, 0.6) is 0 Å². The van der Waals surface area contributed by atoms with E-state index in [9.17, 15) is 9.59 Å². The van der Waals surface area contributed by atoms with Crippen molar-refractivity contribution in [3.63, 3.8) is 0 Å². The second-order valence-electron chi connectivity index (χ2n) is 7.66. The van der Waals surface area contributed by atoms with Crippen molar-refractivity contribution in [2.24, 2.45) is 17.6 Å². The lowest BCUT2D eigenvalue weighted by molar-refractivity contribution is -0.117. The molecule has 2 amide bonds. The first-order chi connectivity index (χ1) is 12.0. The molecule has 6 heteroatoms. The maximum Gasteiger partial charge on any atom is 0.253 e. The number of rotatable bonds is 4. The highest BCUT2D eigenvalue weighted by Gasteiger charge is 2.26. The van der Waals surface area contributed by atoms with Gasteiger partial charge < -0.3 is 16.0 Å². The Hall–Kier alpha value is -1.59. The molecule has 1 aromatic carbocycles. The third-order valence-corrected chi connectivity index (χ3v) is 5.65. The van der Waals surface area contributed by atoms with Crippen molar-refractivity contribution in [1.82, 2.24) is 4.90 Å². The Morgan fingerprint density at radius 1 is 1.12 bits per heavy atom. The number of hydrogen-bond acceptors (Lipinski definition) is 3. The molecule has 26 heavy (non-hydrogen) atoms. The first kappa shape index (κ1) is 20.7. The van der Waals surface area contributed by atoms with E-state index in [4.69, 9.17) is 5.73 Å². The Labute approximate surface area is 162 Å². The van der Waals surface area contributed by atoms with Gasteiger partial charge in [-0.2, -0.15) is 0 Å². The SMILES string of the molecule is CC1CCN(C(=O)c2ccc(NC(=O)C[C@@H]3CCC[C@H]3N)cc2)CC1.Cl. The predicted octanol–water partition coefficient (Wildman–Crippen LogP) is 3.44. The van der Waals surface area contributed by atoms with Crippen LogP contribution >= 0.6 is 12.4 Å². The molecule has 1 heterocycles. The van der Waals surface area contributed by atoms with Gasteiger partial charge in [0, 0.05) is 36.8 Å². The van der Waals surface area contributed by atoms with Crippen LogP contribution < -0.4 is 11.1 Å². The van der Waals surface area contributed by atoms with Crippen LogP contribution in [0.15, 0.2) is 24.3 Å². The van der Waals surface area contributed by atoms with Gasteiger partial charge in [0.25, 0.3) is 5.91 Å². The number of nitrogens with one attached hydrogen (secondary N) is 1. The minimum absolute atomic E-state index is 0. The Kier molecular flexibility index (Phi) is 7.47. The lowest BCUT2D eigenvalue weighted by atomic mass is 9.98. The molecule has 5 nitrogen and oxygen atoms in total. The highest BCUT2D eigenvalue weighted by atomic mass is 35.5. The van der Waals surface area contributed by atoms with Crippen LogP contribution in [-0.2, 0) is 4.79 Å². The van der Waals surface area contributed by atoms with Gasteiger partial charge in [-0.15, -0.1) is 12.4 Å². The average molecular weight is 380 g/mol. The molecule has 0 aromatic heterocycles. The molecule has 2 aliphatic rings. The Balaban J connectivity index is 0.00000243. The average Bonchev–Trinajstić information content (AvgIpc) is 3.00. The number of halogens is 1. The molecule has 2 atom stereocenters. The molecular weight excluding hydrogens is 350 g/mol. The van der Waals surface area contributed by atoms with E-state index in [1.165, 1.54) is 0 Å². The predicted molar refractivity (Wildman–Crippen MR) is 107 cm³/mol. The summed E-state index contributed by atoms with van der Waals surface area (Å²) in [5.74, 6) is 1.09. The fourth-order valence-electron chi connectivity index (χ4n) is 3.86. The summed E-state index contributed by atoms with van der Waals surface area (Å²) >= 11 is 0. The number of carbonyl (C=O) groups is 2. The zero-order valence-corrected chi connectivity index (χ0v) is 16.3. The quantitative estimate of drug-likeness (QED) is 0.841. The number of likely N-dealkylation sites (tertiary alicyclic amines) is 1. The second-order valence-corrected chi connectivity index (χ2v) is 7.66. The zero-order valence-electron chi connectivity index (χ0n) is 15.4. The lowest BCUT2D eigenvalue weighted by Gasteiger charge is -2.30. The summed E-state index contributed by atoms with van der Waals surface area (Å²) in [6.07, 6.45) is 5.80. The fraction of sp³-hybridized carbons (Fsp3) is 0.600. The van der Waals surface area contributed by atoms with Crippen LogP contribution in [0.3, 0.4) is 0 Å². The van der Waals surface area contributed by atoms with E-state index >= 15 is 0 Å². The second kappa shape index (κ2) is 9.38. The van der Waals surface area contributed by atoms with E-state index in [0.717, 1.165) is 50.9 Å². The Morgan fingerprint density at radius 2 is 1.77 bits per heavy atom. The summed E-state index contributed by atoms with van der Waals surface area (Å²) in [6, 6.07) is 7.38. The van der Waals surface area contributed by atoms with Crippen molar-refractivity contribution >= 4 is 29.9 Å². The monoisotopic (exact) mass is 379 g/mol. The Morgan fingerprint density at radius 3 is 2.35 bits per heavy atom. The number of anilines is 1. The van der Waals surface area contributed by atoms with Gasteiger partial charge in [-0.3, -0.25) is 9.59 Å². The summed E-state index contributed by atoms with van der Waals surface area (Å²) in [4.78, 5) is 26.6. The normalized spacial score (nSPS) is 23.4. The van der Waals surface area contributed by atoms with Crippen LogP contribution in [0.1, 0.15) is 55.8 Å². The maximum atomic E-state index is 12.5. The fourth-order valence-corrected chi connectivity index (χ4v) is 3.86. The van der Waals surface area contributed by atoms with Crippen molar-refractivity contribution in [1.29, 1.82) is 0 Å². The van der Waals surface area contributed by atoms with E-state index in [0.29, 0.717) is 23.8 Å². The number of benzene rings is 1. The molecule has 0 radical (unpaired) electrons. The summed E-state index contributed by atoms with van der Waals surface area (Å²) in [5.41, 5.74) is 7.45. The molecule has 2 fully saturated rings. The van der Waals surface area contributed by atoms with Crippen LogP contribution in [0.2, 0.25) is 0 Å². The number of piperidine rings is 1. The minimum atomic E-state index is 0. The maximum absolute atomic E-state index is 12.5. The van der Waals surface area contributed by atoms with Gasteiger partial charge >= 0.3 is 0 Å². The molecule has 3 N–H and O–H groups in total. The molecule has 3 rings (SSSR count). The molecule has 1 aromatic rings. The summed E-state index contributed by atoms with van der Waals surface area (Å²) in [6.45, 7) is 3.90. The summed E-state index contributed by atoms with van der Waals surface area (Å²) < 4.78 is 0. The number of nitrogens with two attached hydrogens (primary N) is 1. The van der Waals surface area contributed by atoms with Gasteiger partial charge in [-0.05, 0) is 61.8 Å². The molecular formula is C20H30ClN3O2. The number of amides is 2. The van der Waals surface area contributed by atoms with Crippen LogP contribution in [-0.4, -0.2) is 35.8 Å². The number of carbonyl (C=O) groups excluding carboxylic acids is 2. The van der Waals surface area contributed by atoms with Crippen molar-refractivity contribution in [3.8, 4) is 0 Å². The van der Waals surface area contributed by atoms with Gasteiger partial charge in [0.2, 0.25) is 5.91 Å². The van der Waals surface area contributed by atoms with E-state index in [2.05, 4.69) is 12.2 Å². The van der Waals surface area contributed by atoms with Crippen LogP contribution in [0.25, 0.3) is 0 Å². The minimum Gasteiger partial charge on any atom is -0.339 e.